The predicted octanol–water partition coefficient (Wildman–Crippen LogP) is 3.86. The second-order valence-electron chi connectivity index (χ2n) is 6.65. The molecule has 2 rings (SSSR count). The highest BCUT2D eigenvalue weighted by molar-refractivity contribution is 5.92. The van der Waals surface area contributed by atoms with Gasteiger partial charge in [-0.1, -0.05) is 32.9 Å². The van der Waals surface area contributed by atoms with Crippen LogP contribution >= 0.6 is 0 Å². The maximum Gasteiger partial charge on any atom is 0.227 e. The molecule has 1 fully saturated rings. The van der Waals surface area contributed by atoms with Crippen LogP contribution in [0.5, 0.6) is 0 Å². The minimum Gasteiger partial charge on any atom is -0.342 e. The quantitative estimate of drug-likeness (QED) is 0.861. The number of likely N-dealkylation sites (tertiary alicyclic amines) is 1. The van der Waals surface area contributed by atoms with E-state index >= 15 is 0 Å². The van der Waals surface area contributed by atoms with Gasteiger partial charge in [0.15, 0.2) is 0 Å². The van der Waals surface area contributed by atoms with Gasteiger partial charge in [0, 0.05) is 30.6 Å². The Balaban J connectivity index is 1.84. The smallest absolute Gasteiger partial charge is 0.227 e. The first-order valence-corrected chi connectivity index (χ1v) is 9.27. The third-order valence-corrected chi connectivity index (χ3v) is 5.14. The van der Waals surface area contributed by atoms with Gasteiger partial charge in [-0.3, -0.25) is 9.59 Å². The van der Waals surface area contributed by atoms with Crippen LogP contribution in [0.1, 0.15) is 52.0 Å². The molecule has 132 valence electrons. The van der Waals surface area contributed by atoms with E-state index in [9.17, 15) is 9.59 Å². The Labute approximate surface area is 145 Å². The lowest BCUT2D eigenvalue weighted by Gasteiger charge is -2.33. The second-order valence-corrected chi connectivity index (χ2v) is 6.65. The summed E-state index contributed by atoms with van der Waals surface area (Å²) in [5, 5.41) is 3.01. The third-order valence-electron chi connectivity index (χ3n) is 5.14. The molecule has 1 heterocycles. The zero-order valence-electron chi connectivity index (χ0n) is 15.2. The van der Waals surface area contributed by atoms with E-state index in [4.69, 9.17) is 0 Å². The van der Waals surface area contributed by atoms with Crippen molar-refractivity contribution < 1.29 is 9.59 Å². The van der Waals surface area contributed by atoms with Gasteiger partial charge in [-0.25, -0.2) is 0 Å². The van der Waals surface area contributed by atoms with E-state index in [2.05, 4.69) is 26.1 Å². The summed E-state index contributed by atoms with van der Waals surface area (Å²) in [6.45, 7) is 7.64. The first-order chi connectivity index (χ1) is 11.6. The fourth-order valence-electron chi connectivity index (χ4n) is 3.33. The van der Waals surface area contributed by atoms with Crippen molar-refractivity contribution in [1.82, 2.24) is 4.90 Å². The summed E-state index contributed by atoms with van der Waals surface area (Å²) in [5.41, 5.74) is 2.12. The van der Waals surface area contributed by atoms with Crippen molar-refractivity contribution in [3.05, 3.63) is 29.8 Å². The number of nitrogens with one attached hydrogen (secondary N) is 1. The number of hydrogen-bond donors (Lipinski definition) is 1. The van der Waals surface area contributed by atoms with Crippen molar-refractivity contribution in [1.29, 1.82) is 0 Å². The lowest BCUT2D eigenvalue weighted by Crippen LogP contribution is -2.43. The normalized spacial score (nSPS) is 15.6. The van der Waals surface area contributed by atoms with Crippen molar-refractivity contribution in [2.24, 2.45) is 11.8 Å². The zero-order chi connectivity index (χ0) is 17.5. The topological polar surface area (TPSA) is 49.4 Å². The molecule has 1 aromatic carbocycles. The number of aryl methyl sites for hydroxylation is 1. The fraction of sp³-hybridized carbons (Fsp3) is 0.600. The first-order valence-electron chi connectivity index (χ1n) is 9.27. The molecule has 0 unspecified atom stereocenters. The number of hydrogen-bond acceptors (Lipinski definition) is 2. The molecule has 0 bridgehead atoms. The van der Waals surface area contributed by atoms with Crippen molar-refractivity contribution >= 4 is 17.5 Å². The van der Waals surface area contributed by atoms with Crippen LogP contribution in [-0.2, 0) is 16.0 Å². The summed E-state index contributed by atoms with van der Waals surface area (Å²) in [5.74, 6) is 0.469. The molecular formula is C20H30N2O2. The van der Waals surface area contributed by atoms with E-state index in [0.717, 1.165) is 37.8 Å². The van der Waals surface area contributed by atoms with Crippen LogP contribution < -0.4 is 5.32 Å². The maximum absolute atomic E-state index is 12.4. The van der Waals surface area contributed by atoms with Crippen molar-refractivity contribution in [2.75, 3.05) is 18.4 Å². The summed E-state index contributed by atoms with van der Waals surface area (Å²) in [7, 11) is 0. The molecule has 0 atom stereocenters. The highest BCUT2D eigenvalue weighted by atomic mass is 16.2. The van der Waals surface area contributed by atoms with Crippen LogP contribution in [0, 0.1) is 11.8 Å². The number of anilines is 1. The molecule has 1 N–H and O–H groups in total. The Morgan fingerprint density at radius 2 is 1.67 bits per heavy atom. The summed E-state index contributed by atoms with van der Waals surface area (Å²) in [4.78, 5) is 26.8. The molecule has 4 heteroatoms. The molecule has 1 aliphatic rings. The Hall–Kier alpha value is -1.84. The molecule has 24 heavy (non-hydrogen) atoms. The molecule has 0 saturated carbocycles. The largest absolute Gasteiger partial charge is 0.342 e. The zero-order valence-corrected chi connectivity index (χ0v) is 15.2. The number of amides is 2. The van der Waals surface area contributed by atoms with Gasteiger partial charge in [0.05, 0.1) is 0 Å². The highest BCUT2D eigenvalue weighted by Gasteiger charge is 2.29. The number of rotatable bonds is 6. The first kappa shape index (κ1) is 18.5. The van der Waals surface area contributed by atoms with Gasteiger partial charge in [-0.15, -0.1) is 0 Å². The fourth-order valence-corrected chi connectivity index (χ4v) is 3.33. The Bertz CT molecular complexity index is 541. The molecule has 0 spiro atoms. The van der Waals surface area contributed by atoms with Gasteiger partial charge in [0.1, 0.15) is 0 Å². The minimum absolute atomic E-state index is 0.00149. The lowest BCUT2D eigenvalue weighted by molar-refractivity contribution is -0.138. The molecule has 1 aliphatic heterocycles. The van der Waals surface area contributed by atoms with Gasteiger partial charge in [-0.05, 0) is 49.8 Å². The molecule has 0 aromatic heterocycles. The van der Waals surface area contributed by atoms with E-state index < -0.39 is 0 Å². The summed E-state index contributed by atoms with van der Waals surface area (Å²) >= 11 is 0. The van der Waals surface area contributed by atoms with E-state index in [0.29, 0.717) is 13.1 Å². The number of carbonyl (C=O) groups excluding carboxylic acids is 2. The Morgan fingerprint density at radius 1 is 1.08 bits per heavy atom. The van der Waals surface area contributed by atoms with Crippen molar-refractivity contribution in [2.45, 2.75) is 52.9 Å². The molecule has 0 radical (unpaired) electrons. The highest BCUT2D eigenvalue weighted by Crippen LogP contribution is 2.22. The molecule has 0 aliphatic carbocycles. The van der Waals surface area contributed by atoms with E-state index in [-0.39, 0.29) is 23.7 Å². The molecular weight excluding hydrogens is 300 g/mol. The number of nitrogens with zero attached hydrogens (tertiary/aromatic N) is 1. The summed E-state index contributed by atoms with van der Waals surface area (Å²) in [6, 6.07) is 8.02. The summed E-state index contributed by atoms with van der Waals surface area (Å²) < 4.78 is 0. The maximum atomic E-state index is 12.4. The van der Waals surface area contributed by atoms with E-state index in [1.165, 1.54) is 5.56 Å². The van der Waals surface area contributed by atoms with Crippen LogP contribution in [0.15, 0.2) is 24.3 Å². The van der Waals surface area contributed by atoms with Crippen LogP contribution in [0.25, 0.3) is 0 Å². The number of benzene rings is 1. The second kappa shape index (κ2) is 8.86. The molecule has 2 amide bonds. The average Bonchev–Trinajstić information content (AvgIpc) is 2.63. The van der Waals surface area contributed by atoms with Crippen molar-refractivity contribution in [3.8, 4) is 0 Å². The predicted molar refractivity (Wildman–Crippen MR) is 97.8 cm³/mol. The van der Waals surface area contributed by atoms with Crippen LogP contribution in [0.3, 0.4) is 0 Å². The number of carbonyl (C=O) groups is 2. The van der Waals surface area contributed by atoms with Gasteiger partial charge in [0.25, 0.3) is 0 Å². The average molecular weight is 330 g/mol. The minimum atomic E-state index is 0.00149. The standard InChI is InChI=1S/C20H30N2O2/c1-4-15-7-9-18(10-8-15)21-19(23)17-11-13-22(14-12-17)20(24)16(5-2)6-3/h7-10,16-17H,4-6,11-14H2,1-3H3,(H,21,23). The SMILES string of the molecule is CCc1ccc(NC(=O)C2CCN(C(=O)C(CC)CC)CC2)cc1. The van der Waals surface area contributed by atoms with Gasteiger partial charge in [0.2, 0.25) is 11.8 Å². The molecule has 1 aromatic rings. The molecule has 1 saturated heterocycles. The number of piperidine rings is 1. The monoisotopic (exact) mass is 330 g/mol. The Kier molecular flexibility index (Phi) is 6.83. The van der Waals surface area contributed by atoms with Crippen LogP contribution in [0.2, 0.25) is 0 Å². The van der Waals surface area contributed by atoms with E-state index in [1.54, 1.807) is 0 Å². The third kappa shape index (κ3) is 4.59. The Morgan fingerprint density at radius 3 is 2.17 bits per heavy atom. The van der Waals surface area contributed by atoms with Crippen LogP contribution in [-0.4, -0.2) is 29.8 Å². The van der Waals surface area contributed by atoms with E-state index in [1.807, 2.05) is 29.2 Å². The van der Waals surface area contributed by atoms with Gasteiger partial charge < -0.3 is 10.2 Å². The van der Waals surface area contributed by atoms with Crippen LogP contribution in [0.4, 0.5) is 5.69 Å². The van der Waals surface area contributed by atoms with Gasteiger partial charge >= 0.3 is 0 Å². The lowest BCUT2D eigenvalue weighted by atomic mass is 9.93. The van der Waals surface area contributed by atoms with Gasteiger partial charge in [-0.2, -0.15) is 0 Å². The molecule has 4 nitrogen and oxygen atoms in total. The summed E-state index contributed by atoms with van der Waals surface area (Å²) in [6.07, 6.45) is 4.29. The van der Waals surface area contributed by atoms with Crippen molar-refractivity contribution in [3.63, 3.8) is 0 Å².